The van der Waals surface area contributed by atoms with Crippen molar-refractivity contribution in [1.82, 2.24) is 25.3 Å². The molecule has 0 bridgehead atoms. The van der Waals surface area contributed by atoms with Gasteiger partial charge in [0.2, 0.25) is 17.6 Å². The lowest BCUT2D eigenvalue weighted by Gasteiger charge is -2.30. The molecule has 7 nitrogen and oxygen atoms in total. The molecule has 162 valence electrons. The zero-order chi connectivity index (χ0) is 20.8. The van der Waals surface area contributed by atoms with Crippen LogP contribution in [0.4, 0.5) is 0 Å². The molecule has 2 fully saturated rings. The van der Waals surface area contributed by atoms with Gasteiger partial charge in [0.1, 0.15) is 0 Å². The van der Waals surface area contributed by atoms with Crippen molar-refractivity contribution in [2.24, 2.45) is 5.92 Å². The fourth-order valence-electron chi connectivity index (χ4n) is 4.27. The highest BCUT2D eigenvalue weighted by molar-refractivity contribution is 6.30. The maximum Gasteiger partial charge on any atom is 0.241 e. The summed E-state index contributed by atoms with van der Waals surface area (Å²) in [5.41, 5.74) is 0.845. The van der Waals surface area contributed by atoms with Crippen LogP contribution in [0.25, 0.3) is 11.4 Å². The summed E-state index contributed by atoms with van der Waals surface area (Å²) in [5, 5.41) is 7.85. The molecule has 2 aromatic rings. The molecule has 2 aliphatic rings. The Balaban J connectivity index is 1.17. The van der Waals surface area contributed by atoms with Crippen molar-refractivity contribution in [2.75, 3.05) is 39.3 Å². The highest BCUT2D eigenvalue weighted by atomic mass is 35.5. The zero-order valence-electron chi connectivity index (χ0n) is 17.4. The van der Waals surface area contributed by atoms with Gasteiger partial charge in [-0.05, 0) is 77.0 Å². The summed E-state index contributed by atoms with van der Waals surface area (Å²) in [5.74, 6) is 1.46. The van der Waals surface area contributed by atoms with Gasteiger partial charge in [0, 0.05) is 23.0 Å². The van der Waals surface area contributed by atoms with Gasteiger partial charge in [0.25, 0.3) is 0 Å². The first-order valence-corrected chi connectivity index (χ1v) is 11.4. The molecule has 2 saturated heterocycles. The summed E-state index contributed by atoms with van der Waals surface area (Å²) in [6, 6.07) is 7.43. The minimum absolute atomic E-state index is 0.109. The maximum absolute atomic E-state index is 12.5. The Kier molecular flexibility index (Phi) is 7.36. The fourth-order valence-corrected chi connectivity index (χ4v) is 4.46. The summed E-state index contributed by atoms with van der Waals surface area (Å²) < 4.78 is 5.41. The first-order chi connectivity index (χ1) is 14.7. The molecule has 0 radical (unpaired) electrons. The summed E-state index contributed by atoms with van der Waals surface area (Å²) >= 11 is 6.04. The first kappa shape index (κ1) is 21.3. The number of carbonyl (C=O) groups excluding carboxylic acids is 1. The van der Waals surface area contributed by atoms with E-state index in [2.05, 4.69) is 25.3 Å². The van der Waals surface area contributed by atoms with Gasteiger partial charge >= 0.3 is 0 Å². The van der Waals surface area contributed by atoms with Crippen LogP contribution < -0.4 is 5.32 Å². The fraction of sp³-hybridized carbons (Fsp3) is 0.591. The van der Waals surface area contributed by atoms with E-state index in [1.807, 2.05) is 24.3 Å². The van der Waals surface area contributed by atoms with E-state index in [1.165, 1.54) is 25.9 Å². The largest absolute Gasteiger partial charge is 0.356 e. The summed E-state index contributed by atoms with van der Waals surface area (Å²) in [6.45, 7) is 6.64. The van der Waals surface area contributed by atoms with Gasteiger partial charge in [-0.3, -0.25) is 9.69 Å². The number of rotatable bonds is 8. The molecule has 0 unspecified atom stereocenters. The van der Waals surface area contributed by atoms with Gasteiger partial charge in [0.05, 0.1) is 6.54 Å². The van der Waals surface area contributed by atoms with Crippen LogP contribution in [0.5, 0.6) is 0 Å². The molecule has 1 amide bonds. The summed E-state index contributed by atoms with van der Waals surface area (Å²) in [6.07, 6.45) is 5.41. The topological polar surface area (TPSA) is 74.5 Å². The molecular formula is C22H30ClN5O2. The van der Waals surface area contributed by atoms with E-state index in [0.717, 1.165) is 51.0 Å². The maximum atomic E-state index is 12.5. The van der Waals surface area contributed by atoms with Gasteiger partial charge in [-0.2, -0.15) is 4.98 Å². The number of halogens is 1. The van der Waals surface area contributed by atoms with Crippen LogP contribution in [0.1, 0.15) is 38.0 Å². The Bertz CT molecular complexity index is 828. The Morgan fingerprint density at radius 1 is 1.17 bits per heavy atom. The van der Waals surface area contributed by atoms with E-state index in [0.29, 0.717) is 23.3 Å². The Morgan fingerprint density at radius 3 is 2.73 bits per heavy atom. The van der Waals surface area contributed by atoms with Crippen LogP contribution >= 0.6 is 11.6 Å². The second-order valence-electron chi connectivity index (χ2n) is 8.27. The van der Waals surface area contributed by atoms with Gasteiger partial charge in [0.15, 0.2) is 0 Å². The summed E-state index contributed by atoms with van der Waals surface area (Å²) in [4.78, 5) is 21.7. The lowest BCUT2D eigenvalue weighted by Crippen LogP contribution is -2.40. The first-order valence-electron chi connectivity index (χ1n) is 11.0. The van der Waals surface area contributed by atoms with Crippen LogP contribution in [0.3, 0.4) is 0 Å². The highest BCUT2D eigenvalue weighted by Crippen LogP contribution is 2.22. The lowest BCUT2D eigenvalue weighted by atomic mass is 9.96. The van der Waals surface area contributed by atoms with Crippen LogP contribution in [0.15, 0.2) is 28.8 Å². The van der Waals surface area contributed by atoms with Gasteiger partial charge in [-0.1, -0.05) is 28.9 Å². The second-order valence-corrected chi connectivity index (χ2v) is 8.70. The SMILES string of the molecule is O=C(NCCCN1CCCC1)C1CCN(Cc2nc(-c3cccc(Cl)c3)no2)CC1. The molecule has 2 aliphatic heterocycles. The lowest BCUT2D eigenvalue weighted by molar-refractivity contribution is -0.126. The van der Waals surface area contributed by atoms with Crippen LogP contribution in [0, 0.1) is 5.92 Å². The molecule has 30 heavy (non-hydrogen) atoms. The number of hydrogen-bond acceptors (Lipinski definition) is 6. The molecule has 0 spiro atoms. The number of hydrogen-bond donors (Lipinski definition) is 1. The minimum Gasteiger partial charge on any atom is -0.356 e. The number of nitrogens with zero attached hydrogens (tertiary/aromatic N) is 4. The number of benzene rings is 1. The van der Waals surface area contributed by atoms with Crippen molar-refractivity contribution >= 4 is 17.5 Å². The van der Waals surface area contributed by atoms with E-state index in [9.17, 15) is 4.79 Å². The van der Waals surface area contributed by atoms with E-state index >= 15 is 0 Å². The molecule has 3 heterocycles. The molecule has 1 N–H and O–H groups in total. The predicted octanol–water partition coefficient (Wildman–Crippen LogP) is 3.20. The number of amides is 1. The molecule has 1 aromatic heterocycles. The standard InChI is InChI=1S/C22H30ClN5O2/c23-19-6-3-5-18(15-19)21-25-20(30-26-21)16-28-13-7-17(8-14-28)22(29)24-9-4-12-27-10-1-2-11-27/h3,5-6,15,17H,1-2,4,7-14,16H2,(H,24,29). The number of aromatic nitrogens is 2. The third-order valence-corrected chi connectivity index (χ3v) is 6.25. The van der Waals surface area contributed by atoms with Crippen molar-refractivity contribution in [3.63, 3.8) is 0 Å². The van der Waals surface area contributed by atoms with Gasteiger partial charge in [-0.15, -0.1) is 0 Å². The van der Waals surface area contributed by atoms with E-state index in [1.54, 1.807) is 0 Å². The van der Waals surface area contributed by atoms with Gasteiger partial charge in [-0.25, -0.2) is 0 Å². The molecule has 4 rings (SSSR count). The predicted molar refractivity (Wildman–Crippen MR) is 116 cm³/mol. The molecular weight excluding hydrogens is 402 g/mol. The number of piperidine rings is 1. The summed E-state index contributed by atoms with van der Waals surface area (Å²) in [7, 11) is 0. The van der Waals surface area contributed by atoms with Crippen molar-refractivity contribution in [3.05, 3.63) is 35.2 Å². The molecule has 8 heteroatoms. The van der Waals surface area contributed by atoms with Crippen molar-refractivity contribution in [2.45, 2.75) is 38.6 Å². The zero-order valence-corrected chi connectivity index (χ0v) is 18.1. The number of likely N-dealkylation sites (tertiary alicyclic amines) is 2. The number of carbonyl (C=O) groups is 1. The normalized spacial score (nSPS) is 18.7. The quantitative estimate of drug-likeness (QED) is 0.647. The minimum atomic E-state index is 0.109. The van der Waals surface area contributed by atoms with Crippen LogP contribution in [-0.2, 0) is 11.3 Å². The van der Waals surface area contributed by atoms with E-state index < -0.39 is 0 Å². The third-order valence-electron chi connectivity index (χ3n) is 6.02. The number of nitrogens with one attached hydrogen (secondary N) is 1. The second kappa shape index (κ2) is 10.4. The van der Waals surface area contributed by atoms with Crippen molar-refractivity contribution < 1.29 is 9.32 Å². The average Bonchev–Trinajstić information content (AvgIpc) is 3.44. The van der Waals surface area contributed by atoms with Crippen molar-refractivity contribution in [1.29, 1.82) is 0 Å². The van der Waals surface area contributed by atoms with Crippen LogP contribution in [0.2, 0.25) is 5.02 Å². The average molecular weight is 432 g/mol. The van der Waals surface area contributed by atoms with Crippen LogP contribution in [-0.4, -0.2) is 65.1 Å². The Hall–Kier alpha value is -1.96. The molecule has 0 atom stereocenters. The monoisotopic (exact) mass is 431 g/mol. The third kappa shape index (κ3) is 5.80. The van der Waals surface area contributed by atoms with Gasteiger partial charge < -0.3 is 14.7 Å². The molecule has 0 aliphatic carbocycles. The Labute approximate surface area is 182 Å². The highest BCUT2D eigenvalue weighted by Gasteiger charge is 2.26. The smallest absolute Gasteiger partial charge is 0.241 e. The van der Waals surface area contributed by atoms with Crippen molar-refractivity contribution in [3.8, 4) is 11.4 Å². The Morgan fingerprint density at radius 2 is 1.97 bits per heavy atom. The molecule has 1 aromatic carbocycles. The van der Waals surface area contributed by atoms with E-state index in [-0.39, 0.29) is 11.8 Å². The molecule has 0 saturated carbocycles. The van der Waals surface area contributed by atoms with E-state index in [4.69, 9.17) is 16.1 Å².